The molecule has 0 unspecified atom stereocenters. The zero-order chi connectivity index (χ0) is 12.1. The fourth-order valence-electron chi connectivity index (χ4n) is 1.43. The van der Waals surface area contributed by atoms with Crippen molar-refractivity contribution in [3.8, 4) is 0 Å². The van der Waals surface area contributed by atoms with Gasteiger partial charge in [-0.15, -0.1) is 0 Å². The van der Waals surface area contributed by atoms with Crippen LogP contribution in [0, 0.1) is 0 Å². The lowest BCUT2D eigenvalue weighted by Gasteiger charge is -2.05. The molecule has 0 radical (unpaired) electrons. The largest absolute Gasteiger partial charge is 0.330 e. The van der Waals surface area contributed by atoms with Crippen LogP contribution in [0.4, 0.5) is 11.6 Å². The number of nitrogens with one attached hydrogen (secondary N) is 1. The molecule has 0 fully saturated rings. The van der Waals surface area contributed by atoms with Gasteiger partial charge in [0.1, 0.15) is 0 Å². The van der Waals surface area contributed by atoms with Crippen LogP contribution < -0.4 is 11.1 Å². The molecule has 2 aromatic rings. The number of benzene rings is 1. The molecule has 88 valence electrons. The molecule has 0 aliphatic carbocycles. The maximum atomic E-state index is 5.50. The van der Waals surface area contributed by atoms with Crippen molar-refractivity contribution in [2.75, 3.05) is 11.9 Å². The number of hydrogen-bond donors (Lipinski definition) is 2. The van der Waals surface area contributed by atoms with Gasteiger partial charge in [0.2, 0.25) is 5.95 Å². The van der Waals surface area contributed by atoms with Crippen LogP contribution in [0.1, 0.15) is 5.56 Å². The summed E-state index contributed by atoms with van der Waals surface area (Å²) in [6.07, 6.45) is 4.31. The first-order chi connectivity index (χ1) is 8.28. The van der Waals surface area contributed by atoms with Crippen LogP contribution in [-0.2, 0) is 6.42 Å². The normalized spacial score (nSPS) is 10.2. The molecule has 0 bridgehead atoms. The second-order valence-electron chi connectivity index (χ2n) is 3.59. The summed E-state index contributed by atoms with van der Waals surface area (Å²) < 4.78 is 0.862. The van der Waals surface area contributed by atoms with E-state index in [9.17, 15) is 0 Å². The quantitative estimate of drug-likeness (QED) is 0.909. The number of anilines is 2. The number of aromatic nitrogens is 2. The van der Waals surface area contributed by atoms with Gasteiger partial charge in [0.15, 0.2) is 0 Å². The van der Waals surface area contributed by atoms with Crippen LogP contribution in [0.3, 0.4) is 0 Å². The van der Waals surface area contributed by atoms with Crippen molar-refractivity contribution in [1.29, 1.82) is 0 Å². The third-order valence-electron chi connectivity index (χ3n) is 2.26. The molecule has 0 aliphatic heterocycles. The Morgan fingerprint density at radius 1 is 1.12 bits per heavy atom. The summed E-state index contributed by atoms with van der Waals surface area (Å²) >= 11 is 3.29. The molecule has 5 heteroatoms. The lowest BCUT2D eigenvalue weighted by molar-refractivity contribution is 0.969. The number of hydrogen-bond acceptors (Lipinski definition) is 4. The molecule has 4 nitrogen and oxygen atoms in total. The molecule has 0 amide bonds. The van der Waals surface area contributed by atoms with Crippen molar-refractivity contribution in [2.24, 2.45) is 5.73 Å². The van der Waals surface area contributed by atoms with Gasteiger partial charge < -0.3 is 11.1 Å². The lowest BCUT2D eigenvalue weighted by Crippen LogP contribution is -2.02. The summed E-state index contributed by atoms with van der Waals surface area (Å²) in [6.45, 7) is 0.669. The molecule has 17 heavy (non-hydrogen) atoms. The topological polar surface area (TPSA) is 63.8 Å². The Bertz CT molecular complexity index is 467. The van der Waals surface area contributed by atoms with E-state index >= 15 is 0 Å². The van der Waals surface area contributed by atoms with E-state index in [2.05, 4.69) is 31.2 Å². The fraction of sp³-hybridized carbons (Fsp3) is 0.167. The number of nitrogens with two attached hydrogens (primary N) is 1. The summed E-state index contributed by atoms with van der Waals surface area (Å²) in [7, 11) is 0. The first kappa shape index (κ1) is 12.0. The average Bonchev–Trinajstić information content (AvgIpc) is 2.35. The van der Waals surface area contributed by atoms with Gasteiger partial charge in [0.05, 0.1) is 4.47 Å². The molecule has 0 atom stereocenters. The Balaban J connectivity index is 2.05. The first-order valence-corrected chi connectivity index (χ1v) is 6.11. The van der Waals surface area contributed by atoms with E-state index in [1.54, 1.807) is 12.4 Å². The highest BCUT2D eigenvalue weighted by Crippen LogP contribution is 2.15. The zero-order valence-electron chi connectivity index (χ0n) is 9.23. The molecule has 0 spiro atoms. The number of rotatable bonds is 4. The van der Waals surface area contributed by atoms with Crippen molar-refractivity contribution in [3.63, 3.8) is 0 Å². The van der Waals surface area contributed by atoms with E-state index in [4.69, 9.17) is 5.73 Å². The summed E-state index contributed by atoms with van der Waals surface area (Å²) in [4.78, 5) is 8.29. The lowest BCUT2D eigenvalue weighted by atomic mass is 10.1. The van der Waals surface area contributed by atoms with Crippen molar-refractivity contribution in [2.45, 2.75) is 6.42 Å². The van der Waals surface area contributed by atoms with Gasteiger partial charge in [-0.05, 0) is 46.6 Å². The zero-order valence-corrected chi connectivity index (χ0v) is 10.8. The van der Waals surface area contributed by atoms with Gasteiger partial charge in [-0.3, -0.25) is 0 Å². The van der Waals surface area contributed by atoms with E-state index < -0.39 is 0 Å². The Labute approximate surface area is 108 Å². The predicted octanol–water partition coefficient (Wildman–Crippen LogP) is 2.48. The van der Waals surface area contributed by atoms with Crippen molar-refractivity contribution < 1.29 is 0 Å². The van der Waals surface area contributed by atoms with Crippen LogP contribution in [0.2, 0.25) is 0 Å². The average molecular weight is 293 g/mol. The van der Waals surface area contributed by atoms with Gasteiger partial charge in [0, 0.05) is 18.1 Å². The van der Waals surface area contributed by atoms with Crippen molar-refractivity contribution in [3.05, 3.63) is 46.7 Å². The third-order valence-corrected chi connectivity index (χ3v) is 2.67. The molecule has 0 saturated carbocycles. The number of nitrogens with zero attached hydrogens (tertiary/aromatic N) is 2. The highest BCUT2D eigenvalue weighted by Gasteiger charge is 1.98. The Kier molecular flexibility index (Phi) is 4.06. The minimum absolute atomic E-state index is 0.583. The van der Waals surface area contributed by atoms with Gasteiger partial charge in [0.25, 0.3) is 0 Å². The second-order valence-corrected chi connectivity index (χ2v) is 4.50. The highest BCUT2D eigenvalue weighted by atomic mass is 79.9. The number of halogens is 1. The van der Waals surface area contributed by atoms with E-state index in [-0.39, 0.29) is 0 Å². The van der Waals surface area contributed by atoms with Gasteiger partial charge in [-0.25, -0.2) is 9.97 Å². The molecule has 1 aromatic heterocycles. The van der Waals surface area contributed by atoms with E-state index in [1.165, 1.54) is 5.56 Å². The summed E-state index contributed by atoms with van der Waals surface area (Å²) in [5, 5.41) is 3.13. The molecule has 2 rings (SSSR count). The second kappa shape index (κ2) is 5.75. The van der Waals surface area contributed by atoms with Gasteiger partial charge in [-0.1, -0.05) is 12.1 Å². The molecule has 3 N–H and O–H groups in total. The smallest absolute Gasteiger partial charge is 0.227 e. The predicted molar refractivity (Wildman–Crippen MR) is 72.2 cm³/mol. The van der Waals surface area contributed by atoms with E-state index in [1.807, 2.05) is 24.3 Å². The molecule has 1 heterocycles. The van der Waals surface area contributed by atoms with Gasteiger partial charge in [-0.2, -0.15) is 0 Å². The van der Waals surface area contributed by atoms with Crippen molar-refractivity contribution >= 4 is 27.6 Å². The SMILES string of the molecule is NCCc1ccc(Nc2ncc(Br)cn2)cc1. The maximum absolute atomic E-state index is 5.50. The van der Waals surface area contributed by atoms with Gasteiger partial charge >= 0.3 is 0 Å². The monoisotopic (exact) mass is 292 g/mol. The molecular formula is C12H13BrN4. The molecular weight excluding hydrogens is 280 g/mol. The highest BCUT2D eigenvalue weighted by molar-refractivity contribution is 9.10. The van der Waals surface area contributed by atoms with Crippen LogP contribution in [0.5, 0.6) is 0 Å². The summed E-state index contributed by atoms with van der Waals surface area (Å²) in [6, 6.07) is 8.09. The van der Waals surface area contributed by atoms with Crippen LogP contribution >= 0.6 is 15.9 Å². The Morgan fingerprint density at radius 3 is 2.35 bits per heavy atom. The maximum Gasteiger partial charge on any atom is 0.227 e. The minimum Gasteiger partial charge on any atom is -0.330 e. The Morgan fingerprint density at radius 2 is 1.76 bits per heavy atom. The van der Waals surface area contributed by atoms with Crippen LogP contribution in [-0.4, -0.2) is 16.5 Å². The molecule has 0 aliphatic rings. The Hall–Kier alpha value is -1.46. The van der Waals surface area contributed by atoms with Crippen LogP contribution in [0.25, 0.3) is 0 Å². The van der Waals surface area contributed by atoms with E-state index in [0.29, 0.717) is 12.5 Å². The summed E-state index contributed by atoms with van der Waals surface area (Å²) in [5.74, 6) is 0.583. The molecule has 1 aromatic carbocycles. The van der Waals surface area contributed by atoms with Crippen LogP contribution in [0.15, 0.2) is 41.1 Å². The summed E-state index contributed by atoms with van der Waals surface area (Å²) in [5.41, 5.74) is 7.69. The standard InChI is InChI=1S/C12H13BrN4/c13-10-7-15-12(16-8-10)17-11-3-1-9(2-4-11)5-6-14/h1-4,7-8H,5-6,14H2,(H,15,16,17). The fourth-order valence-corrected chi connectivity index (χ4v) is 1.63. The van der Waals surface area contributed by atoms with E-state index in [0.717, 1.165) is 16.6 Å². The molecule has 0 saturated heterocycles. The van der Waals surface area contributed by atoms with Crippen molar-refractivity contribution in [1.82, 2.24) is 9.97 Å². The minimum atomic E-state index is 0.583. The first-order valence-electron chi connectivity index (χ1n) is 5.31. The third kappa shape index (κ3) is 3.51.